The van der Waals surface area contributed by atoms with E-state index in [0.717, 1.165) is 12.8 Å². The van der Waals surface area contributed by atoms with Crippen LogP contribution in [0.2, 0.25) is 0 Å². The average Bonchev–Trinajstić information content (AvgIpc) is 2.11. The molecule has 0 heterocycles. The van der Waals surface area contributed by atoms with Gasteiger partial charge in [-0.2, -0.15) is 0 Å². The molecular formula is C8H16O2. The number of aliphatic hydroxyl groups excluding tert-OH is 2. The average molecular weight is 144 g/mol. The Morgan fingerprint density at radius 1 is 1.10 bits per heavy atom. The van der Waals surface area contributed by atoms with Gasteiger partial charge < -0.3 is 10.2 Å². The van der Waals surface area contributed by atoms with Gasteiger partial charge in [0.15, 0.2) is 0 Å². The van der Waals surface area contributed by atoms with Gasteiger partial charge in [-0.05, 0) is 18.8 Å². The largest absolute Gasteiger partial charge is 0.393 e. The third-order valence-corrected chi connectivity index (χ3v) is 2.42. The van der Waals surface area contributed by atoms with E-state index in [2.05, 4.69) is 0 Å². The Bertz CT molecular complexity index is 102. The molecule has 10 heavy (non-hydrogen) atoms. The van der Waals surface area contributed by atoms with Crippen LogP contribution in [0.25, 0.3) is 0 Å². The highest BCUT2D eigenvalue weighted by molar-refractivity contribution is 4.85. The van der Waals surface area contributed by atoms with E-state index in [1.54, 1.807) is 0 Å². The van der Waals surface area contributed by atoms with Crippen LogP contribution in [0.1, 0.15) is 26.7 Å². The van der Waals surface area contributed by atoms with E-state index in [-0.39, 0.29) is 18.1 Å². The topological polar surface area (TPSA) is 40.5 Å². The maximum Gasteiger partial charge on any atom is 0.0596 e. The molecule has 0 aromatic carbocycles. The van der Waals surface area contributed by atoms with Crippen molar-refractivity contribution in [2.45, 2.75) is 38.9 Å². The Kier molecular flexibility index (Phi) is 2.32. The summed E-state index contributed by atoms with van der Waals surface area (Å²) in [5.41, 5.74) is 0. The van der Waals surface area contributed by atoms with Crippen LogP contribution >= 0.6 is 0 Å². The van der Waals surface area contributed by atoms with Crippen molar-refractivity contribution >= 4 is 0 Å². The maximum atomic E-state index is 9.37. The van der Waals surface area contributed by atoms with Crippen LogP contribution in [-0.4, -0.2) is 22.4 Å². The van der Waals surface area contributed by atoms with E-state index in [0.29, 0.717) is 5.92 Å². The van der Waals surface area contributed by atoms with E-state index in [4.69, 9.17) is 0 Å². The summed E-state index contributed by atoms with van der Waals surface area (Å²) >= 11 is 0. The third-order valence-electron chi connectivity index (χ3n) is 2.42. The molecule has 0 aromatic rings. The van der Waals surface area contributed by atoms with Gasteiger partial charge in [0.2, 0.25) is 0 Å². The van der Waals surface area contributed by atoms with Gasteiger partial charge in [0, 0.05) is 5.92 Å². The van der Waals surface area contributed by atoms with Gasteiger partial charge in [-0.1, -0.05) is 13.8 Å². The minimum Gasteiger partial charge on any atom is -0.393 e. The van der Waals surface area contributed by atoms with Crippen LogP contribution < -0.4 is 0 Å². The first-order valence-corrected chi connectivity index (χ1v) is 3.99. The van der Waals surface area contributed by atoms with Crippen molar-refractivity contribution in [2.24, 2.45) is 11.8 Å². The van der Waals surface area contributed by atoms with Crippen molar-refractivity contribution in [3.8, 4) is 0 Å². The molecular weight excluding hydrogens is 128 g/mol. The summed E-state index contributed by atoms with van der Waals surface area (Å²) in [6.07, 6.45) is 0.999. The van der Waals surface area contributed by atoms with Crippen LogP contribution in [-0.2, 0) is 0 Å². The summed E-state index contributed by atoms with van der Waals surface area (Å²) in [4.78, 5) is 0. The number of hydrogen-bond donors (Lipinski definition) is 2. The highest BCUT2D eigenvalue weighted by Gasteiger charge is 2.35. The SMILES string of the molecule is CC(C)C1C(O)CCC1O. The molecule has 0 saturated heterocycles. The van der Waals surface area contributed by atoms with Gasteiger partial charge in [0.05, 0.1) is 12.2 Å². The molecule has 0 spiro atoms. The lowest BCUT2D eigenvalue weighted by atomic mass is 9.91. The molecule has 0 aliphatic heterocycles. The second-order valence-corrected chi connectivity index (χ2v) is 3.53. The Hall–Kier alpha value is -0.0800. The molecule has 2 heteroatoms. The second-order valence-electron chi connectivity index (χ2n) is 3.53. The predicted molar refractivity (Wildman–Crippen MR) is 39.6 cm³/mol. The number of aliphatic hydroxyl groups is 2. The molecule has 2 nitrogen and oxygen atoms in total. The van der Waals surface area contributed by atoms with Crippen LogP contribution in [0.15, 0.2) is 0 Å². The van der Waals surface area contributed by atoms with Crippen LogP contribution in [0.3, 0.4) is 0 Å². The van der Waals surface area contributed by atoms with Crippen LogP contribution in [0, 0.1) is 11.8 Å². The molecule has 1 fully saturated rings. The van der Waals surface area contributed by atoms with E-state index in [9.17, 15) is 10.2 Å². The zero-order valence-corrected chi connectivity index (χ0v) is 6.62. The minimum atomic E-state index is -0.269. The Morgan fingerprint density at radius 3 is 1.70 bits per heavy atom. The minimum absolute atomic E-state index is 0.111. The van der Waals surface area contributed by atoms with E-state index in [1.165, 1.54) is 0 Å². The predicted octanol–water partition coefficient (Wildman–Crippen LogP) is 0.774. The van der Waals surface area contributed by atoms with Gasteiger partial charge in [0.25, 0.3) is 0 Å². The zero-order chi connectivity index (χ0) is 7.72. The summed E-state index contributed by atoms with van der Waals surface area (Å²) in [5.74, 6) is 0.507. The first-order chi connectivity index (χ1) is 4.63. The van der Waals surface area contributed by atoms with Crippen molar-refractivity contribution in [2.75, 3.05) is 0 Å². The maximum absolute atomic E-state index is 9.37. The molecule has 1 saturated carbocycles. The third kappa shape index (κ3) is 1.32. The van der Waals surface area contributed by atoms with Crippen molar-refractivity contribution in [1.82, 2.24) is 0 Å². The quantitative estimate of drug-likeness (QED) is 0.570. The molecule has 0 aromatic heterocycles. The molecule has 1 rings (SSSR count). The van der Waals surface area contributed by atoms with Crippen molar-refractivity contribution in [3.63, 3.8) is 0 Å². The summed E-state index contributed by atoms with van der Waals surface area (Å²) in [6, 6.07) is 0. The standard InChI is InChI=1S/C8H16O2/c1-5(2)8-6(9)3-4-7(8)10/h5-10H,3-4H2,1-2H3. The number of rotatable bonds is 1. The first-order valence-electron chi connectivity index (χ1n) is 3.99. The van der Waals surface area contributed by atoms with Gasteiger partial charge in [-0.15, -0.1) is 0 Å². The fourth-order valence-corrected chi connectivity index (χ4v) is 1.87. The fraction of sp³-hybridized carbons (Fsp3) is 1.00. The lowest BCUT2D eigenvalue weighted by molar-refractivity contribution is 0.0388. The summed E-state index contributed by atoms with van der Waals surface area (Å²) in [6.45, 7) is 4.09. The molecule has 2 unspecified atom stereocenters. The highest BCUT2D eigenvalue weighted by Crippen LogP contribution is 2.31. The Labute approximate surface area is 61.9 Å². The van der Waals surface area contributed by atoms with Crippen LogP contribution in [0.4, 0.5) is 0 Å². The summed E-state index contributed by atoms with van der Waals surface area (Å²) in [5, 5.41) is 18.7. The smallest absolute Gasteiger partial charge is 0.0596 e. The second kappa shape index (κ2) is 2.89. The Balaban J connectivity index is 2.54. The van der Waals surface area contributed by atoms with Crippen molar-refractivity contribution < 1.29 is 10.2 Å². The molecule has 0 bridgehead atoms. The molecule has 1 aliphatic carbocycles. The van der Waals surface area contributed by atoms with Gasteiger partial charge >= 0.3 is 0 Å². The van der Waals surface area contributed by atoms with E-state index < -0.39 is 0 Å². The summed E-state index contributed by atoms with van der Waals surface area (Å²) in [7, 11) is 0. The normalized spacial score (nSPS) is 41.1. The van der Waals surface area contributed by atoms with Crippen LogP contribution in [0.5, 0.6) is 0 Å². The lowest BCUT2D eigenvalue weighted by Gasteiger charge is -2.21. The monoisotopic (exact) mass is 144 g/mol. The van der Waals surface area contributed by atoms with Crippen molar-refractivity contribution in [3.05, 3.63) is 0 Å². The highest BCUT2D eigenvalue weighted by atomic mass is 16.3. The lowest BCUT2D eigenvalue weighted by Crippen LogP contribution is -2.27. The molecule has 0 amide bonds. The Morgan fingerprint density at radius 2 is 1.50 bits per heavy atom. The molecule has 0 radical (unpaired) electrons. The molecule has 2 atom stereocenters. The molecule has 60 valence electrons. The van der Waals surface area contributed by atoms with Gasteiger partial charge in [-0.25, -0.2) is 0 Å². The van der Waals surface area contributed by atoms with Gasteiger partial charge in [-0.3, -0.25) is 0 Å². The molecule has 2 N–H and O–H groups in total. The van der Waals surface area contributed by atoms with Gasteiger partial charge in [0.1, 0.15) is 0 Å². The number of hydrogen-bond acceptors (Lipinski definition) is 2. The first kappa shape index (κ1) is 8.02. The van der Waals surface area contributed by atoms with E-state index >= 15 is 0 Å². The summed E-state index contributed by atoms with van der Waals surface area (Å²) < 4.78 is 0. The zero-order valence-electron chi connectivity index (χ0n) is 6.62. The van der Waals surface area contributed by atoms with Crippen molar-refractivity contribution in [1.29, 1.82) is 0 Å². The van der Waals surface area contributed by atoms with E-state index in [1.807, 2.05) is 13.8 Å². The fourth-order valence-electron chi connectivity index (χ4n) is 1.87. The molecule has 1 aliphatic rings.